The Balaban J connectivity index is 1.25. The third-order valence-corrected chi connectivity index (χ3v) is 9.08. The molecule has 3 aromatic rings. The normalized spacial score (nSPS) is 19.7. The number of hydrogen-bond donors (Lipinski definition) is 2. The third-order valence-electron chi connectivity index (χ3n) is 7.20. The number of pyridine rings is 1. The Hall–Kier alpha value is -3.47. The fraction of sp³-hybridized carbons (Fsp3) is 0.357. The van der Waals surface area contributed by atoms with E-state index in [1.165, 1.54) is 4.31 Å². The second-order valence-corrected chi connectivity index (χ2v) is 12.2. The van der Waals surface area contributed by atoms with Gasteiger partial charge in [0.1, 0.15) is 5.82 Å². The van der Waals surface area contributed by atoms with Crippen molar-refractivity contribution in [3.63, 3.8) is 0 Å². The van der Waals surface area contributed by atoms with Crippen LogP contribution in [0.3, 0.4) is 0 Å². The minimum absolute atomic E-state index is 0.0145. The lowest BCUT2D eigenvalue weighted by Gasteiger charge is -2.35. The summed E-state index contributed by atoms with van der Waals surface area (Å²) in [6.45, 7) is 3.41. The molecule has 3 heterocycles. The van der Waals surface area contributed by atoms with Crippen LogP contribution in [-0.4, -0.2) is 78.0 Å². The molecule has 2 atom stereocenters. The highest BCUT2D eigenvalue weighted by Gasteiger charge is 2.35. The number of hydrogen-bond acceptors (Lipinski definition) is 6. The Morgan fingerprint density at radius 2 is 1.74 bits per heavy atom. The summed E-state index contributed by atoms with van der Waals surface area (Å²) < 4.78 is 28.0. The van der Waals surface area contributed by atoms with E-state index < -0.39 is 16.1 Å². The van der Waals surface area contributed by atoms with Crippen LogP contribution in [0.4, 0.5) is 10.6 Å². The number of nitrogens with zero attached hydrogens (tertiary/aromatic N) is 4. The molecule has 1 saturated heterocycles. The fourth-order valence-corrected chi connectivity index (χ4v) is 6.47. The second kappa shape index (κ2) is 10.4. The van der Waals surface area contributed by atoms with Crippen molar-refractivity contribution >= 4 is 21.9 Å². The minimum atomic E-state index is -3.75. The van der Waals surface area contributed by atoms with Crippen LogP contribution in [-0.2, 0) is 23.1 Å². The Morgan fingerprint density at radius 1 is 1.03 bits per heavy atom. The number of sulfonamides is 1. The van der Waals surface area contributed by atoms with Crippen LogP contribution in [0.2, 0.25) is 0 Å². The highest BCUT2D eigenvalue weighted by molar-refractivity contribution is 7.89. The first kappa shape index (κ1) is 26.1. The van der Waals surface area contributed by atoms with Crippen molar-refractivity contribution < 1.29 is 18.3 Å². The molecule has 38 heavy (non-hydrogen) atoms. The SMILES string of the molecule is Cc1ccc(N[C@@H]2CCN(S(=O)(=O)c3ccc(-c4ccc5c(c4)CN(C(=O)N(C)C)C5)cc3)C[C@@H]2O)nc1. The third kappa shape index (κ3) is 5.24. The van der Waals surface area contributed by atoms with Gasteiger partial charge in [0.15, 0.2) is 0 Å². The Morgan fingerprint density at radius 3 is 2.39 bits per heavy atom. The summed E-state index contributed by atoms with van der Waals surface area (Å²) in [4.78, 5) is 20.2. The molecule has 9 nitrogen and oxygen atoms in total. The number of aromatic nitrogens is 1. The van der Waals surface area contributed by atoms with E-state index in [-0.39, 0.29) is 23.5 Å². The number of fused-ring (bicyclic) bond motifs is 1. The van der Waals surface area contributed by atoms with Crippen molar-refractivity contribution in [1.29, 1.82) is 0 Å². The number of nitrogens with one attached hydrogen (secondary N) is 1. The van der Waals surface area contributed by atoms with Crippen molar-refractivity contribution in [2.45, 2.75) is 43.5 Å². The topological polar surface area (TPSA) is 106 Å². The van der Waals surface area contributed by atoms with Crippen LogP contribution in [0.15, 0.2) is 65.7 Å². The number of aliphatic hydroxyl groups is 1. The molecule has 2 aliphatic rings. The van der Waals surface area contributed by atoms with Gasteiger partial charge in [-0.25, -0.2) is 18.2 Å². The van der Waals surface area contributed by atoms with Gasteiger partial charge >= 0.3 is 6.03 Å². The molecule has 0 saturated carbocycles. The molecule has 1 fully saturated rings. The molecule has 0 bridgehead atoms. The fourth-order valence-electron chi connectivity index (χ4n) is 4.99. The van der Waals surface area contributed by atoms with Crippen LogP contribution < -0.4 is 5.32 Å². The van der Waals surface area contributed by atoms with Crippen molar-refractivity contribution in [1.82, 2.24) is 19.1 Å². The van der Waals surface area contributed by atoms with Crippen LogP contribution in [0.25, 0.3) is 11.1 Å². The number of aliphatic hydroxyl groups excluding tert-OH is 1. The Kier molecular flexibility index (Phi) is 7.13. The first-order valence-electron chi connectivity index (χ1n) is 12.7. The summed E-state index contributed by atoms with van der Waals surface area (Å²) in [5, 5.41) is 13.9. The zero-order valence-electron chi connectivity index (χ0n) is 21.8. The van der Waals surface area contributed by atoms with E-state index >= 15 is 0 Å². The van der Waals surface area contributed by atoms with E-state index in [1.54, 1.807) is 54.4 Å². The molecule has 200 valence electrons. The molecule has 0 unspecified atom stereocenters. The number of carbonyl (C=O) groups excluding carboxylic acids is 1. The van der Waals surface area contributed by atoms with Crippen LogP contribution in [0, 0.1) is 6.92 Å². The molecule has 10 heteroatoms. The van der Waals surface area contributed by atoms with Gasteiger partial charge in [-0.1, -0.05) is 30.3 Å². The van der Waals surface area contributed by atoms with Gasteiger partial charge in [-0.2, -0.15) is 4.31 Å². The largest absolute Gasteiger partial charge is 0.390 e. The number of amides is 2. The van der Waals surface area contributed by atoms with Crippen molar-refractivity contribution in [3.05, 3.63) is 77.5 Å². The summed E-state index contributed by atoms with van der Waals surface area (Å²) in [5.74, 6) is 0.662. The zero-order chi connectivity index (χ0) is 27.0. The molecule has 2 aromatic carbocycles. The van der Waals surface area contributed by atoms with Gasteiger partial charge in [-0.3, -0.25) is 0 Å². The number of anilines is 1. The molecular formula is C28H33N5O4S. The maximum atomic E-state index is 13.3. The van der Waals surface area contributed by atoms with Gasteiger partial charge in [-0.15, -0.1) is 0 Å². The van der Waals surface area contributed by atoms with E-state index in [0.29, 0.717) is 31.9 Å². The first-order valence-corrected chi connectivity index (χ1v) is 14.1. The van der Waals surface area contributed by atoms with E-state index in [0.717, 1.165) is 27.8 Å². The lowest BCUT2D eigenvalue weighted by Crippen LogP contribution is -2.51. The lowest BCUT2D eigenvalue weighted by atomic mass is 10.0. The van der Waals surface area contributed by atoms with Gasteiger partial charge in [0.25, 0.3) is 0 Å². The second-order valence-electron chi connectivity index (χ2n) is 10.2. The quantitative estimate of drug-likeness (QED) is 0.520. The number of rotatable bonds is 5. The molecule has 2 aliphatic heterocycles. The highest BCUT2D eigenvalue weighted by atomic mass is 32.2. The van der Waals surface area contributed by atoms with Gasteiger partial charge in [0, 0.05) is 46.5 Å². The predicted octanol–water partition coefficient (Wildman–Crippen LogP) is 3.29. The van der Waals surface area contributed by atoms with Gasteiger partial charge in [-0.05, 0) is 65.4 Å². The summed E-state index contributed by atoms with van der Waals surface area (Å²) in [7, 11) is -0.259. The number of carbonyl (C=O) groups is 1. The van der Waals surface area contributed by atoms with Crippen LogP contribution >= 0.6 is 0 Å². The number of piperidine rings is 1. The van der Waals surface area contributed by atoms with Gasteiger partial charge < -0.3 is 20.2 Å². The van der Waals surface area contributed by atoms with Gasteiger partial charge in [0.2, 0.25) is 10.0 Å². The molecule has 5 rings (SSSR count). The molecule has 2 N–H and O–H groups in total. The smallest absolute Gasteiger partial charge is 0.320 e. The highest BCUT2D eigenvalue weighted by Crippen LogP contribution is 2.30. The monoisotopic (exact) mass is 535 g/mol. The maximum Gasteiger partial charge on any atom is 0.320 e. The maximum absolute atomic E-state index is 13.3. The number of urea groups is 1. The summed E-state index contributed by atoms with van der Waals surface area (Å²) in [6.07, 6.45) is 1.36. The standard InChI is InChI=1S/C28H33N5O4S/c1-19-4-11-27(29-15-19)30-25-12-13-33(18-26(25)34)38(36,37)24-9-7-20(8-10-24)21-5-6-22-16-32(17-23(22)14-21)28(35)31(2)3/h4-11,14-15,25-26,34H,12-13,16-18H2,1-3H3,(H,29,30)/t25-,26+/m1/s1. The van der Waals surface area contributed by atoms with Crippen LogP contribution in [0.1, 0.15) is 23.1 Å². The Bertz CT molecular complexity index is 1420. The first-order chi connectivity index (χ1) is 18.1. The average molecular weight is 536 g/mol. The summed E-state index contributed by atoms with van der Waals surface area (Å²) >= 11 is 0. The van der Waals surface area contributed by atoms with Crippen molar-refractivity contribution in [3.8, 4) is 11.1 Å². The predicted molar refractivity (Wildman–Crippen MR) is 146 cm³/mol. The summed E-state index contributed by atoms with van der Waals surface area (Å²) in [5.41, 5.74) is 5.14. The molecule has 0 aliphatic carbocycles. The average Bonchev–Trinajstić information content (AvgIpc) is 3.34. The zero-order valence-corrected chi connectivity index (χ0v) is 22.6. The van der Waals surface area contributed by atoms with E-state index in [9.17, 15) is 18.3 Å². The molecule has 0 spiro atoms. The Labute approximate surface area is 223 Å². The number of benzene rings is 2. The van der Waals surface area contributed by atoms with Gasteiger partial charge in [0.05, 0.1) is 17.0 Å². The molecular weight excluding hydrogens is 502 g/mol. The minimum Gasteiger partial charge on any atom is -0.390 e. The molecule has 0 radical (unpaired) electrons. The van der Waals surface area contributed by atoms with Crippen LogP contribution in [0.5, 0.6) is 0 Å². The van der Waals surface area contributed by atoms with E-state index in [1.807, 2.05) is 31.2 Å². The van der Waals surface area contributed by atoms with E-state index in [2.05, 4.69) is 16.4 Å². The summed E-state index contributed by atoms with van der Waals surface area (Å²) in [6, 6.07) is 16.4. The van der Waals surface area contributed by atoms with E-state index in [4.69, 9.17) is 0 Å². The lowest BCUT2D eigenvalue weighted by molar-refractivity contribution is 0.0949. The number of β-amino-alcohol motifs (C(OH)–C–C–N with tert-alkyl or cyclic N) is 1. The number of aryl methyl sites for hydroxylation is 1. The molecule has 1 aromatic heterocycles. The van der Waals surface area contributed by atoms with Crippen molar-refractivity contribution in [2.24, 2.45) is 0 Å². The van der Waals surface area contributed by atoms with Crippen molar-refractivity contribution in [2.75, 3.05) is 32.5 Å². The molecule has 2 amide bonds.